The molecule has 2 aromatic rings. The van der Waals surface area contributed by atoms with Crippen molar-refractivity contribution in [3.63, 3.8) is 0 Å². The molecule has 1 aliphatic rings. The maximum absolute atomic E-state index is 12.4. The molecule has 0 saturated carbocycles. The molecule has 8 nitrogen and oxygen atoms in total. The molecule has 0 spiro atoms. The van der Waals surface area contributed by atoms with Crippen LogP contribution in [0.4, 0.5) is 0 Å². The van der Waals surface area contributed by atoms with Crippen LogP contribution < -0.4 is 5.56 Å². The summed E-state index contributed by atoms with van der Waals surface area (Å²) in [6.45, 7) is 1.34. The molecule has 0 bridgehead atoms. The summed E-state index contributed by atoms with van der Waals surface area (Å²) in [7, 11) is -3.67. The Kier molecular flexibility index (Phi) is 3.62. The molecule has 0 atom stereocenters. The van der Waals surface area contributed by atoms with Crippen LogP contribution in [0.2, 0.25) is 0 Å². The largest absolute Gasteiger partial charge is 0.442 e. The predicted octanol–water partition coefficient (Wildman–Crippen LogP) is 0.0508. The van der Waals surface area contributed by atoms with Gasteiger partial charge >= 0.3 is 0 Å². The number of morpholine rings is 1. The molecule has 0 aromatic carbocycles. The standard InChI is InChI=1S/C12H13N3O5S/c16-11-3-1-9(13-14-11)10-2-4-12(20-10)21(17,18)15-5-7-19-8-6-15/h1-4H,5-8H2,(H,14,16). The van der Waals surface area contributed by atoms with Crippen molar-refractivity contribution in [2.24, 2.45) is 0 Å². The number of hydrogen-bond donors (Lipinski definition) is 1. The fraction of sp³-hybridized carbons (Fsp3) is 0.333. The molecule has 0 amide bonds. The number of aromatic amines is 1. The zero-order valence-electron chi connectivity index (χ0n) is 11.0. The lowest BCUT2D eigenvalue weighted by atomic mass is 10.3. The fourth-order valence-electron chi connectivity index (χ4n) is 1.99. The molecule has 1 saturated heterocycles. The van der Waals surface area contributed by atoms with Gasteiger partial charge in [0.2, 0.25) is 5.09 Å². The Hall–Kier alpha value is -1.97. The van der Waals surface area contributed by atoms with Crippen molar-refractivity contribution < 1.29 is 17.6 Å². The van der Waals surface area contributed by atoms with Crippen LogP contribution in [0.1, 0.15) is 0 Å². The van der Waals surface area contributed by atoms with Gasteiger partial charge in [-0.2, -0.15) is 9.40 Å². The number of nitrogens with one attached hydrogen (secondary N) is 1. The Balaban J connectivity index is 1.90. The normalized spacial score (nSPS) is 17.0. The van der Waals surface area contributed by atoms with Crippen molar-refractivity contribution in [3.05, 3.63) is 34.6 Å². The number of sulfonamides is 1. The number of hydrogen-bond acceptors (Lipinski definition) is 6. The summed E-state index contributed by atoms with van der Waals surface area (Å²) >= 11 is 0. The van der Waals surface area contributed by atoms with E-state index in [1.807, 2.05) is 0 Å². The molecule has 1 aliphatic heterocycles. The quantitative estimate of drug-likeness (QED) is 0.858. The average Bonchev–Trinajstić information content (AvgIpc) is 2.99. The fourth-order valence-corrected chi connectivity index (χ4v) is 3.31. The minimum Gasteiger partial charge on any atom is -0.442 e. The summed E-state index contributed by atoms with van der Waals surface area (Å²) in [4.78, 5) is 11.0. The molecule has 21 heavy (non-hydrogen) atoms. The first kappa shape index (κ1) is 14.0. The third kappa shape index (κ3) is 2.75. The first-order valence-corrected chi connectivity index (χ1v) is 7.75. The summed E-state index contributed by atoms with van der Waals surface area (Å²) in [6, 6.07) is 5.64. The first-order chi connectivity index (χ1) is 10.1. The van der Waals surface area contributed by atoms with Crippen LogP contribution in [-0.2, 0) is 14.8 Å². The number of ether oxygens (including phenoxy) is 1. The molecule has 2 aromatic heterocycles. The smallest absolute Gasteiger partial charge is 0.276 e. The van der Waals surface area contributed by atoms with E-state index in [4.69, 9.17) is 9.15 Å². The van der Waals surface area contributed by atoms with Crippen LogP contribution in [-0.4, -0.2) is 49.2 Å². The van der Waals surface area contributed by atoms with E-state index in [1.165, 1.54) is 28.6 Å². The number of furan rings is 1. The summed E-state index contributed by atoms with van der Waals surface area (Å²) in [5.74, 6) is 0.276. The van der Waals surface area contributed by atoms with Crippen molar-refractivity contribution >= 4 is 10.0 Å². The van der Waals surface area contributed by atoms with E-state index in [0.717, 1.165) is 0 Å². The summed E-state index contributed by atoms with van der Waals surface area (Å²) in [5.41, 5.74) is 0.0181. The van der Waals surface area contributed by atoms with Gasteiger partial charge in [0.15, 0.2) is 5.76 Å². The second kappa shape index (κ2) is 5.43. The predicted molar refractivity (Wildman–Crippen MR) is 72.1 cm³/mol. The molecule has 0 radical (unpaired) electrons. The van der Waals surface area contributed by atoms with Crippen LogP contribution in [0.5, 0.6) is 0 Å². The number of H-pyrrole nitrogens is 1. The van der Waals surface area contributed by atoms with E-state index in [9.17, 15) is 13.2 Å². The lowest BCUT2D eigenvalue weighted by Crippen LogP contribution is -2.40. The van der Waals surface area contributed by atoms with Gasteiger partial charge in [-0.15, -0.1) is 0 Å². The van der Waals surface area contributed by atoms with Crippen molar-refractivity contribution in [2.75, 3.05) is 26.3 Å². The lowest BCUT2D eigenvalue weighted by Gasteiger charge is -2.24. The molecule has 1 N–H and O–H groups in total. The van der Waals surface area contributed by atoms with Crippen molar-refractivity contribution in [3.8, 4) is 11.5 Å². The van der Waals surface area contributed by atoms with E-state index in [2.05, 4.69) is 10.2 Å². The Morgan fingerprint density at radius 2 is 1.90 bits per heavy atom. The van der Waals surface area contributed by atoms with Gasteiger partial charge in [-0.05, 0) is 18.2 Å². The van der Waals surface area contributed by atoms with Crippen LogP contribution in [0.15, 0.2) is 38.6 Å². The number of aromatic nitrogens is 2. The van der Waals surface area contributed by atoms with Gasteiger partial charge in [0.05, 0.1) is 13.2 Å². The van der Waals surface area contributed by atoms with Gasteiger partial charge in [0.1, 0.15) is 5.69 Å². The Labute approximate surface area is 120 Å². The number of rotatable bonds is 3. The topological polar surface area (TPSA) is 106 Å². The molecule has 9 heteroatoms. The maximum atomic E-state index is 12.4. The molecule has 112 valence electrons. The van der Waals surface area contributed by atoms with Gasteiger partial charge in [-0.25, -0.2) is 13.5 Å². The molecular formula is C12H13N3O5S. The van der Waals surface area contributed by atoms with Crippen LogP contribution in [0, 0.1) is 0 Å². The Morgan fingerprint density at radius 3 is 2.57 bits per heavy atom. The van der Waals surface area contributed by atoms with Gasteiger partial charge in [-0.3, -0.25) is 4.79 Å². The summed E-state index contributed by atoms with van der Waals surface area (Å²) in [5, 5.41) is 5.92. The van der Waals surface area contributed by atoms with Crippen molar-refractivity contribution in [1.82, 2.24) is 14.5 Å². The maximum Gasteiger partial charge on any atom is 0.276 e. The van der Waals surface area contributed by atoms with E-state index in [-0.39, 0.29) is 16.4 Å². The monoisotopic (exact) mass is 311 g/mol. The van der Waals surface area contributed by atoms with E-state index in [0.29, 0.717) is 32.0 Å². The van der Waals surface area contributed by atoms with Gasteiger partial charge < -0.3 is 9.15 Å². The second-order valence-corrected chi connectivity index (χ2v) is 6.31. The molecule has 1 fully saturated rings. The highest BCUT2D eigenvalue weighted by molar-refractivity contribution is 7.89. The minimum absolute atomic E-state index is 0.146. The molecular weight excluding hydrogens is 298 g/mol. The van der Waals surface area contributed by atoms with Crippen LogP contribution in [0.3, 0.4) is 0 Å². The van der Waals surface area contributed by atoms with Crippen LogP contribution in [0.25, 0.3) is 11.5 Å². The van der Waals surface area contributed by atoms with E-state index < -0.39 is 10.0 Å². The lowest BCUT2D eigenvalue weighted by molar-refractivity contribution is 0.0724. The Morgan fingerprint density at radius 1 is 1.14 bits per heavy atom. The zero-order valence-corrected chi connectivity index (χ0v) is 11.8. The average molecular weight is 311 g/mol. The van der Waals surface area contributed by atoms with E-state index in [1.54, 1.807) is 0 Å². The van der Waals surface area contributed by atoms with Crippen molar-refractivity contribution in [2.45, 2.75) is 5.09 Å². The molecule has 0 unspecified atom stereocenters. The first-order valence-electron chi connectivity index (χ1n) is 6.31. The highest BCUT2D eigenvalue weighted by Crippen LogP contribution is 2.24. The SMILES string of the molecule is O=c1ccc(-c2ccc(S(=O)(=O)N3CCOCC3)o2)n[nH]1. The zero-order chi connectivity index (χ0) is 14.9. The van der Waals surface area contributed by atoms with Gasteiger partial charge in [-0.1, -0.05) is 0 Å². The molecule has 3 heterocycles. The third-order valence-electron chi connectivity index (χ3n) is 3.08. The van der Waals surface area contributed by atoms with Gasteiger partial charge in [0.25, 0.3) is 15.6 Å². The van der Waals surface area contributed by atoms with Crippen LogP contribution >= 0.6 is 0 Å². The van der Waals surface area contributed by atoms with E-state index >= 15 is 0 Å². The minimum atomic E-state index is -3.67. The highest BCUT2D eigenvalue weighted by Gasteiger charge is 2.29. The highest BCUT2D eigenvalue weighted by atomic mass is 32.2. The molecule has 0 aliphatic carbocycles. The Bertz CT molecular complexity index is 769. The second-order valence-electron chi connectivity index (χ2n) is 4.44. The van der Waals surface area contributed by atoms with Gasteiger partial charge in [0, 0.05) is 19.2 Å². The van der Waals surface area contributed by atoms with Crippen molar-refractivity contribution in [1.29, 1.82) is 0 Å². The molecule has 3 rings (SSSR count). The number of nitrogens with zero attached hydrogens (tertiary/aromatic N) is 2. The summed E-state index contributed by atoms with van der Waals surface area (Å²) in [6.07, 6.45) is 0. The summed E-state index contributed by atoms with van der Waals surface area (Å²) < 4.78 is 36.6. The third-order valence-corrected chi connectivity index (χ3v) is 4.85.